The molecule has 0 radical (unpaired) electrons. The summed E-state index contributed by atoms with van der Waals surface area (Å²) in [6, 6.07) is 1.64. The van der Waals surface area contributed by atoms with E-state index in [0.717, 1.165) is 12.1 Å². The number of thiocarbonyl (C=S) groups is 1. The number of carbonyl (C=O) groups is 4. The lowest BCUT2D eigenvalue weighted by molar-refractivity contribution is 0.0690. The number of aromatic carboxylic acids is 1. The van der Waals surface area contributed by atoms with E-state index in [9.17, 15) is 19.2 Å². The molecule has 0 unspecified atom stereocenters. The number of carbonyl (C=O) groups excluding carboxylic acids is 3. The molecule has 0 aromatic heterocycles. The maximum absolute atomic E-state index is 11.9. The van der Waals surface area contributed by atoms with E-state index in [2.05, 4.69) is 17.6 Å². The van der Waals surface area contributed by atoms with Crippen molar-refractivity contribution in [3.63, 3.8) is 0 Å². The number of hydrogen-bond donors (Lipinski definition) is 6. The summed E-state index contributed by atoms with van der Waals surface area (Å²) >= 11 is 4.47. The predicted molar refractivity (Wildman–Crippen MR) is 77.8 cm³/mol. The molecule has 1 aromatic rings. The van der Waals surface area contributed by atoms with Gasteiger partial charge in [-0.1, -0.05) is 0 Å². The Bertz CT molecular complexity index is 702. The monoisotopic (exact) mass is 325 g/mol. The fourth-order valence-electron chi connectivity index (χ4n) is 1.56. The zero-order valence-corrected chi connectivity index (χ0v) is 11.7. The summed E-state index contributed by atoms with van der Waals surface area (Å²) in [5, 5.41) is 8.84. The molecule has 0 atom stereocenters. The molecule has 0 saturated carbocycles. The summed E-state index contributed by atoms with van der Waals surface area (Å²) in [4.78, 5) is 45.7. The lowest BCUT2D eigenvalue weighted by Crippen LogP contribution is -2.44. The zero-order chi connectivity index (χ0) is 17.0. The number of nitrogens with one attached hydrogen (secondary N) is 2. The first-order chi connectivity index (χ1) is 10.1. The van der Waals surface area contributed by atoms with Crippen LogP contribution >= 0.6 is 12.2 Å². The first kappa shape index (κ1) is 16.8. The number of carboxylic acids is 1. The summed E-state index contributed by atoms with van der Waals surface area (Å²) in [5.41, 5.74) is 17.6. The van der Waals surface area contributed by atoms with Gasteiger partial charge >= 0.3 is 5.97 Å². The summed E-state index contributed by atoms with van der Waals surface area (Å²) in [5.74, 6) is -4.59. The topological polar surface area (TPSA) is 191 Å². The number of carboxylic acid groups (broad SMARTS) is 1. The average molecular weight is 325 g/mol. The molecule has 10 nitrogen and oxygen atoms in total. The Kier molecular flexibility index (Phi) is 4.97. The SMILES string of the molecule is NC(=O)c1cc(C(=O)O)c(C(=O)NNC(N)=S)cc1C(N)=O. The normalized spacial score (nSPS) is 9.64. The molecule has 22 heavy (non-hydrogen) atoms. The van der Waals surface area contributed by atoms with Gasteiger partial charge in [-0.2, -0.15) is 0 Å². The van der Waals surface area contributed by atoms with Crippen LogP contribution in [-0.2, 0) is 0 Å². The lowest BCUT2D eigenvalue weighted by atomic mass is 9.97. The Morgan fingerprint density at radius 3 is 1.68 bits per heavy atom. The van der Waals surface area contributed by atoms with Crippen LogP contribution in [0.4, 0.5) is 0 Å². The van der Waals surface area contributed by atoms with E-state index in [4.69, 9.17) is 22.3 Å². The summed E-state index contributed by atoms with van der Waals surface area (Å²) in [6.07, 6.45) is 0. The van der Waals surface area contributed by atoms with Crippen LogP contribution in [0, 0.1) is 0 Å². The number of amides is 3. The molecule has 0 aliphatic heterocycles. The first-order valence-electron chi connectivity index (χ1n) is 5.51. The van der Waals surface area contributed by atoms with Crippen molar-refractivity contribution in [2.24, 2.45) is 17.2 Å². The van der Waals surface area contributed by atoms with E-state index in [1.54, 1.807) is 0 Å². The van der Waals surface area contributed by atoms with E-state index in [-0.39, 0.29) is 5.11 Å². The lowest BCUT2D eigenvalue weighted by Gasteiger charge is -2.12. The van der Waals surface area contributed by atoms with Gasteiger partial charge in [-0.15, -0.1) is 0 Å². The van der Waals surface area contributed by atoms with E-state index < -0.39 is 45.9 Å². The van der Waals surface area contributed by atoms with Crippen LogP contribution in [0.25, 0.3) is 0 Å². The first-order valence-corrected chi connectivity index (χ1v) is 5.92. The molecule has 11 heteroatoms. The summed E-state index contributed by atoms with van der Waals surface area (Å²) in [7, 11) is 0. The number of hydrazine groups is 1. The fraction of sp³-hybridized carbons (Fsp3) is 0. The van der Waals surface area contributed by atoms with Gasteiger partial charge < -0.3 is 22.3 Å². The van der Waals surface area contributed by atoms with Gasteiger partial charge in [0.2, 0.25) is 11.8 Å². The molecule has 0 bridgehead atoms. The van der Waals surface area contributed by atoms with Crippen LogP contribution in [0.5, 0.6) is 0 Å². The maximum atomic E-state index is 11.9. The smallest absolute Gasteiger partial charge is 0.336 e. The molecule has 1 rings (SSSR count). The highest BCUT2D eigenvalue weighted by molar-refractivity contribution is 7.80. The van der Waals surface area contributed by atoms with Crippen molar-refractivity contribution >= 4 is 41.0 Å². The van der Waals surface area contributed by atoms with Crippen LogP contribution in [-0.4, -0.2) is 33.9 Å². The van der Waals surface area contributed by atoms with Crippen LogP contribution < -0.4 is 28.1 Å². The van der Waals surface area contributed by atoms with Crippen molar-refractivity contribution in [3.8, 4) is 0 Å². The van der Waals surface area contributed by atoms with Gasteiger partial charge in [0.05, 0.1) is 22.3 Å². The average Bonchev–Trinajstić information content (AvgIpc) is 2.42. The van der Waals surface area contributed by atoms with Crippen LogP contribution in [0.15, 0.2) is 12.1 Å². The van der Waals surface area contributed by atoms with Crippen LogP contribution in [0.3, 0.4) is 0 Å². The van der Waals surface area contributed by atoms with E-state index in [1.807, 2.05) is 5.43 Å². The minimum Gasteiger partial charge on any atom is -0.478 e. The molecule has 0 aliphatic carbocycles. The van der Waals surface area contributed by atoms with Crippen molar-refractivity contribution in [1.82, 2.24) is 10.9 Å². The molecule has 0 aliphatic rings. The molecular formula is C11H11N5O5S. The van der Waals surface area contributed by atoms with Gasteiger partial charge in [-0.3, -0.25) is 25.2 Å². The number of primary amides is 2. The Balaban J connectivity index is 3.48. The van der Waals surface area contributed by atoms with Gasteiger partial charge in [0.15, 0.2) is 5.11 Å². The number of rotatable bonds is 4. The summed E-state index contributed by atoms with van der Waals surface area (Å²) < 4.78 is 0. The highest BCUT2D eigenvalue weighted by atomic mass is 32.1. The second kappa shape index (κ2) is 6.49. The van der Waals surface area contributed by atoms with Gasteiger partial charge in [0.25, 0.3) is 5.91 Å². The quantitative estimate of drug-likeness (QED) is 0.272. The molecule has 116 valence electrons. The van der Waals surface area contributed by atoms with Gasteiger partial charge in [-0.25, -0.2) is 4.79 Å². The third-order valence-electron chi connectivity index (χ3n) is 2.46. The molecule has 9 N–H and O–H groups in total. The minimum atomic E-state index is -1.51. The molecular weight excluding hydrogens is 314 g/mol. The van der Waals surface area contributed by atoms with Crippen LogP contribution in [0.2, 0.25) is 0 Å². The highest BCUT2D eigenvalue weighted by Crippen LogP contribution is 2.17. The fourth-order valence-corrected chi connectivity index (χ4v) is 1.61. The van der Waals surface area contributed by atoms with E-state index in [0.29, 0.717) is 0 Å². The van der Waals surface area contributed by atoms with Crippen molar-refractivity contribution in [2.45, 2.75) is 0 Å². The Morgan fingerprint density at radius 2 is 1.32 bits per heavy atom. The van der Waals surface area contributed by atoms with Crippen LogP contribution in [0.1, 0.15) is 41.4 Å². The molecule has 0 fully saturated rings. The van der Waals surface area contributed by atoms with Gasteiger partial charge in [-0.05, 0) is 24.4 Å². The molecule has 0 spiro atoms. The van der Waals surface area contributed by atoms with Gasteiger partial charge in [0.1, 0.15) is 0 Å². The number of hydrogen-bond acceptors (Lipinski definition) is 5. The minimum absolute atomic E-state index is 0.269. The maximum Gasteiger partial charge on any atom is 0.336 e. The van der Waals surface area contributed by atoms with Crippen molar-refractivity contribution in [1.29, 1.82) is 0 Å². The molecule has 1 aromatic carbocycles. The summed E-state index contributed by atoms with van der Waals surface area (Å²) in [6.45, 7) is 0. The zero-order valence-electron chi connectivity index (χ0n) is 10.9. The number of nitrogens with two attached hydrogens (primary N) is 3. The second-order valence-electron chi connectivity index (χ2n) is 3.92. The van der Waals surface area contributed by atoms with Crippen molar-refractivity contribution in [2.75, 3.05) is 0 Å². The Labute approximate surface area is 128 Å². The van der Waals surface area contributed by atoms with E-state index >= 15 is 0 Å². The van der Waals surface area contributed by atoms with Crippen molar-refractivity contribution in [3.05, 3.63) is 34.4 Å². The molecule has 0 saturated heterocycles. The third-order valence-corrected chi connectivity index (χ3v) is 2.56. The largest absolute Gasteiger partial charge is 0.478 e. The van der Waals surface area contributed by atoms with Crippen molar-refractivity contribution < 1.29 is 24.3 Å². The molecule has 3 amide bonds. The second-order valence-corrected chi connectivity index (χ2v) is 4.36. The highest BCUT2D eigenvalue weighted by Gasteiger charge is 2.23. The number of benzene rings is 1. The Morgan fingerprint density at radius 1 is 0.864 bits per heavy atom. The Hall–Kier alpha value is -3.21. The standard InChI is InChI=1S/C11H11N5O5S/c12-7(17)3-1-5(9(19)15-16-11(14)22)6(10(20)21)2-4(3)8(13)18/h1-2H,(H2,12,17)(H2,13,18)(H,15,19)(H,20,21)(H3,14,16,22). The van der Waals surface area contributed by atoms with E-state index in [1.165, 1.54) is 0 Å². The third kappa shape index (κ3) is 3.67. The molecule has 0 heterocycles. The van der Waals surface area contributed by atoms with Gasteiger partial charge in [0, 0.05) is 0 Å². The predicted octanol–water partition coefficient (Wildman–Crippen LogP) is -1.94.